The maximum atomic E-state index is 12.1. The Morgan fingerprint density at radius 1 is 1.38 bits per heavy atom. The first-order valence-electron chi connectivity index (χ1n) is 7.81. The maximum absolute atomic E-state index is 12.1. The number of aromatic amines is 1. The first-order chi connectivity index (χ1) is 11.4. The molecule has 0 bridgehead atoms. The molecule has 0 aromatic carbocycles. The number of nitrogens with zero attached hydrogens (tertiary/aromatic N) is 4. The second-order valence-electron chi connectivity index (χ2n) is 5.91. The Balaban J connectivity index is 1.66. The van der Waals surface area contributed by atoms with Gasteiger partial charge in [-0.25, -0.2) is 9.50 Å². The molecule has 3 heterocycles. The molecule has 0 radical (unpaired) electrons. The van der Waals surface area contributed by atoms with Gasteiger partial charge in [-0.05, 0) is 26.8 Å². The topological polar surface area (TPSA) is 97.1 Å². The van der Waals surface area contributed by atoms with E-state index in [4.69, 9.17) is 0 Å². The van der Waals surface area contributed by atoms with E-state index in [0.29, 0.717) is 24.3 Å². The molecule has 8 heteroatoms. The number of aromatic nitrogens is 5. The summed E-state index contributed by atoms with van der Waals surface area (Å²) in [5, 5.41) is 10.0. The van der Waals surface area contributed by atoms with E-state index in [1.54, 1.807) is 10.7 Å². The molecule has 0 fully saturated rings. The third-order valence-corrected chi connectivity index (χ3v) is 3.76. The maximum Gasteiger partial charge on any atom is 0.272 e. The highest BCUT2D eigenvalue weighted by molar-refractivity contribution is 5.76. The smallest absolute Gasteiger partial charge is 0.272 e. The number of carbonyl (C=O) groups excluding carboxylic acids is 1. The summed E-state index contributed by atoms with van der Waals surface area (Å²) in [5.41, 5.74) is 2.66. The third-order valence-electron chi connectivity index (χ3n) is 3.76. The number of hydrogen-bond acceptors (Lipinski definition) is 4. The molecule has 3 aromatic heterocycles. The highest BCUT2D eigenvalue weighted by atomic mass is 16.1. The minimum absolute atomic E-state index is 0.108. The minimum atomic E-state index is -0.343. The van der Waals surface area contributed by atoms with Crippen molar-refractivity contribution >= 4 is 11.6 Å². The molecule has 8 nitrogen and oxygen atoms in total. The van der Waals surface area contributed by atoms with E-state index < -0.39 is 0 Å². The number of carbonyl (C=O) groups is 1. The molecular weight excluding hydrogens is 308 g/mol. The highest BCUT2D eigenvalue weighted by Gasteiger charge is 2.14. The number of hydrogen-bond donors (Lipinski definition) is 2. The normalized spacial score (nSPS) is 12.5. The van der Waals surface area contributed by atoms with Gasteiger partial charge >= 0.3 is 0 Å². The van der Waals surface area contributed by atoms with Gasteiger partial charge in [-0.3, -0.25) is 19.4 Å². The zero-order chi connectivity index (χ0) is 17.3. The van der Waals surface area contributed by atoms with E-state index >= 15 is 0 Å². The van der Waals surface area contributed by atoms with Gasteiger partial charge in [-0.1, -0.05) is 0 Å². The molecule has 2 N–H and O–H groups in total. The van der Waals surface area contributed by atoms with Crippen LogP contribution >= 0.6 is 0 Å². The van der Waals surface area contributed by atoms with E-state index in [2.05, 4.69) is 20.5 Å². The van der Waals surface area contributed by atoms with Crippen molar-refractivity contribution in [1.82, 2.24) is 29.7 Å². The number of nitrogens with one attached hydrogen (secondary N) is 2. The van der Waals surface area contributed by atoms with E-state index in [1.807, 2.05) is 33.0 Å². The van der Waals surface area contributed by atoms with Crippen molar-refractivity contribution in [3.8, 4) is 0 Å². The predicted octanol–water partition coefficient (Wildman–Crippen LogP) is 1.10. The Kier molecular flexibility index (Phi) is 4.20. The standard InChI is InChI=1S/C16H20N6O2/c1-10-4-6-21(19-10)7-5-15(23)17-12(3)13-9-16(24)22-14(18-13)8-11(2)20-22/h4,6,8-9,12,20H,5,7H2,1-3H3,(H,17,23). The van der Waals surface area contributed by atoms with Crippen LogP contribution in [0.25, 0.3) is 5.65 Å². The molecule has 1 unspecified atom stereocenters. The van der Waals surface area contributed by atoms with Crippen LogP contribution in [0.1, 0.15) is 36.5 Å². The SMILES string of the molecule is Cc1ccn(CCC(=O)NC(C)c2cc(=O)n3[nH]c(C)cc3n2)n1. The van der Waals surface area contributed by atoms with Crippen molar-refractivity contribution in [1.29, 1.82) is 0 Å². The Morgan fingerprint density at radius 2 is 2.17 bits per heavy atom. The molecule has 0 aliphatic rings. The summed E-state index contributed by atoms with van der Waals surface area (Å²) in [6.45, 7) is 6.09. The van der Waals surface area contributed by atoms with E-state index in [1.165, 1.54) is 10.6 Å². The third kappa shape index (κ3) is 3.37. The Hall–Kier alpha value is -2.90. The monoisotopic (exact) mass is 328 g/mol. The predicted molar refractivity (Wildman–Crippen MR) is 88.7 cm³/mol. The quantitative estimate of drug-likeness (QED) is 0.733. The van der Waals surface area contributed by atoms with Crippen LogP contribution in [0.5, 0.6) is 0 Å². The van der Waals surface area contributed by atoms with E-state index in [0.717, 1.165) is 11.4 Å². The summed E-state index contributed by atoms with van der Waals surface area (Å²) < 4.78 is 3.12. The van der Waals surface area contributed by atoms with Crippen molar-refractivity contribution < 1.29 is 4.79 Å². The van der Waals surface area contributed by atoms with Gasteiger partial charge in [0.1, 0.15) is 0 Å². The Labute approximate surface area is 138 Å². The van der Waals surface area contributed by atoms with Crippen molar-refractivity contribution in [2.45, 2.75) is 39.8 Å². The number of fused-ring (bicyclic) bond motifs is 1. The van der Waals surface area contributed by atoms with Crippen LogP contribution in [0, 0.1) is 13.8 Å². The zero-order valence-corrected chi connectivity index (χ0v) is 13.9. The lowest BCUT2D eigenvalue weighted by Crippen LogP contribution is -2.29. The van der Waals surface area contributed by atoms with Crippen LogP contribution in [0.2, 0.25) is 0 Å². The van der Waals surface area contributed by atoms with Gasteiger partial charge in [0.2, 0.25) is 5.91 Å². The Morgan fingerprint density at radius 3 is 2.88 bits per heavy atom. The van der Waals surface area contributed by atoms with Crippen LogP contribution in [0.4, 0.5) is 0 Å². The van der Waals surface area contributed by atoms with Crippen molar-refractivity contribution in [2.24, 2.45) is 0 Å². The summed E-state index contributed by atoms with van der Waals surface area (Å²) in [6.07, 6.45) is 2.16. The molecule has 0 spiro atoms. The minimum Gasteiger partial charge on any atom is -0.348 e. The fourth-order valence-electron chi connectivity index (χ4n) is 2.54. The van der Waals surface area contributed by atoms with Gasteiger partial charge in [0.15, 0.2) is 5.65 Å². The number of H-pyrrole nitrogens is 1. The van der Waals surface area contributed by atoms with Gasteiger partial charge in [-0.15, -0.1) is 0 Å². The summed E-state index contributed by atoms with van der Waals surface area (Å²) in [6, 6.07) is 4.78. The molecule has 1 amide bonds. The molecule has 126 valence electrons. The lowest BCUT2D eigenvalue weighted by Gasteiger charge is -2.13. The van der Waals surface area contributed by atoms with Gasteiger partial charge in [0.25, 0.3) is 5.56 Å². The number of aryl methyl sites for hydroxylation is 3. The Bertz CT molecular complexity index is 936. The lowest BCUT2D eigenvalue weighted by atomic mass is 10.2. The van der Waals surface area contributed by atoms with Crippen LogP contribution in [0.15, 0.2) is 29.2 Å². The van der Waals surface area contributed by atoms with Crippen LogP contribution < -0.4 is 10.9 Å². The second kappa shape index (κ2) is 6.31. The summed E-state index contributed by atoms with van der Waals surface area (Å²) in [5.74, 6) is -0.108. The number of rotatable bonds is 5. The van der Waals surface area contributed by atoms with Crippen LogP contribution in [-0.2, 0) is 11.3 Å². The molecule has 1 atom stereocenters. The first-order valence-corrected chi connectivity index (χ1v) is 7.81. The van der Waals surface area contributed by atoms with Gasteiger partial charge in [-0.2, -0.15) is 5.10 Å². The van der Waals surface area contributed by atoms with Gasteiger partial charge < -0.3 is 5.32 Å². The molecule has 0 saturated heterocycles. The molecular formula is C16H20N6O2. The van der Waals surface area contributed by atoms with Crippen LogP contribution in [-0.4, -0.2) is 30.3 Å². The fraction of sp³-hybridized carbons (Fsp3) is 0.375. The average Bonchev–Trinajstić information content (AvgIpc) is 3.10. The van der Waals surface area contributed by atoms with Crippen molar-refractivity contribution in [2.75, 3.05) is 0 Å². The summed E-state index contributed by atoms with van der Waals surface area (Å²) >= 11 is 0. The second-order valence-corrected chi connectivity index (χ2v) is 5.91. The first kappa shape index (κ1) is 16.0. The van der Waals surface area contributed by atoms with E-state index in [-0.39, 0.29) is 17.5 Å². The molecule has 3 aromatic rings. The van der Waals surface area contributed by atoms with Gasteiger partial charge in [0.05, 0.1) is 17.4 Å². The molecule has 0 aliphatic carbocycles. The van der Waals surface area contributed by atoms with E-state index in [9.17, 15) is 9.59 Å². The lowest BCUT2D eigenvalue weighted by molar-refractivity contribution is -0.122. The van der Waals surface area contributed by atoms with Crippen LogP contribution in [0.3, 0.4) is 0 Å². The molecule has 3 rings (SSSR count). The fourth-order valence-corrected chi connectivity index (χ4v) is 2.54. The molecule has 0 aliphatic heterocycles. The average molecular weight is 328 g/mol. The van der Waals surface area contributed by atoms with Crippen molar-refractivity contribution in [3.63, 3.8) is 0 Å². The summed E-state index contributed by atoms with van der Waals surface area (Å²) in [7, 11) is 0. The zero-order valence-electron chi connectivity index (χ0n) is 13.9. The summed E-state index contributed by atoms with van der Waals surface area (Å²) in [4.78, 5) is 28.6. The number of amides is 1. The largest absolute Gasteiger partial charge is 0.348 e. The molecule has 24 heavy (non-hydrogen) atoms. The molecule has 0 saturated carbocycles. The van der Waals surface area contributed by atoms with Crippen molar-refractivity contribution in [3.05, 3.63) is 51.8 Å². The van der Waals surface area contributed by atoms with Gasteiger partial charge in [0, 0.05) is 37.0 Å². The highest BCUT2D eigenvalue weighted by Crippen LogP contribution is 2.10.